The summed E-state index contributed by atoms with van der Waals surface area (Å²) in [7, 11) is 6.13. The predicted molar refractivity (Wildman–Crippen MR) is 259 cm³/mol. The van der Waals surface area contributed by atoms with Crippen molar-refractivity contribution in [2.75, 3.05) is 76.5 Å². The molecular weight excluding hydrogens is 913 g/mol. The number of anilines is 1. The van der Waals surface area contributed by atoms with Gasteiger partial charge in [0.25, 0.3) is 12.4 Å². The molecule has 17 nitrogen and oxygen atoms in total. The number of aliphatic carboxylic acids is 1. The molecule has 5 aliphatic heterocycles. The van der Waals surface area contributed by atoms with Crippen molar-refractivity contribution in [1.29, 1.82) is 0 Å². The summed E-state index contributed by atoms with van der Waals surface area (Å²) < 4.78 is 17.7. The highest BCUT2D eigenvalue weighted by Crippen LogP contribution is 2.67. The summed E-state index contributed by atoms with van der Waals surface area (Å²) in [6.07, 6.45) is 4.60. The summed E-state index contributed by atoms with van der Waals surface area (Å²) in [6, 6.07) is 10.9. The van der Waals surface area contributed by atoms with Gasteiger partial charge in [0.2, 0.25) is 0 Å². The molecule has 7 N–H and O–H groups in total. The van der Waals surface area contributed by atoms with Crippen LogP contribution in [-0.2, 0) is 41.1 Å². The summed E-state index contributed by atoms with van der Waals surface area (Å²) in [4.78, 5) is 61.6. The number of carbonyl (C=O) groups is 4. The number of carbonyl (C=O) groups excluding carboxylic acids is 3. The number of para-hydroxylation sites is 1. The first-order valence-electron chi connectivity index (χ1n) is 23.7. The van der Waals surface area contributed by atoms with Crippen LogP contribution in [0.15, 0.2) is 48.6 Å². The number of hydrogen-bond donors (Lipinski definition) is 7. The van der Waals surface area contributed by atoms with Crippen LogP contribution < -0.4 is 20.5 Å². The summed E-state index contributed by atoms with van der Waals surface area (Å²) in [6.45, 7) is 7.67. The summed E-state index contributed by atoms with van der Waals surface area (Å²) in [5, 5.41) is 48.2. The van der Waals surface area contributed by atoms with E-state index in [0.717, 1.165) is 46.4 Å². The van der Waals surface area contributed by atoms with Crippen LogP contribution in [0.1, 0.15) is 74.8 Å². The van der Waals surface area contributed by atoms with Crippen molar-refractivity contribution in [2.24, 2.45) is 11.3 Å². The Kier molecular flexibility index (Phi) is 13.3. The zero-order valence-corrected chi connectivity index (χ0v) is 40.8. The molecule has 1 spiro atoms. The lowest BCUT2D eigenvalue weighted by molar-refractivity contribution is -0.204. The summed E-state index contributed by atoms with van der Waals surface area (Å²) in [5.74, 6) is -0.629. The normalized spacial score (nSPS) is 33.5. The summed E-state index contributed by atoms with van der Waals surface area (Å²) >= 11 is 0. The molecule has 9 rings (SSSR count). The average Bonchev–Trinajstić information content (AvgIpc) is 4.00. The first-order chi connectivity index (χ1) is 32.7. The minimum absolute atomic E-state index is 0.0123. The largest absolute Gasteiger partial charge is 0.496 e. The van der Waals surface area contributed by atoms with Crippen LogP contribution in [0.4, 0.5) is 10.5 Å². The molecule has 2 amide bonds. The Balaban J connectivity index is 1.17. The first kappa shape index (κ1) is 48.5. The fourth-order valence-electron chi connectivity index (χ4n) is 13.7. The topological polar surface area (TPSA) is 226 Å². The Hall–Kier alpha value is -4.50. The number of aromatic nitrogens is 1. The van der Waals surface area contributed by atoms with Crippen molar-refractivity contribution < 1.29 is 53.8 Å². The van der Waals surface area contributed by atoms with Gasteiger partial charge >= 0.3 is 12.1 Å². The Bertz CT molecular complexity index is 2470. The molecule has 1 saturated carbocycles. The van der Waals surface area contributed by atoms with Gasteiger partial charge in [-0.1, -0.05) is 65.8 Å². The maximum atomic E-state index is 14.9. The highest BCUT2D eigenvalue weighted by molar-refractivity contribution is 8.76. The lowest BCUT2D eigenvalue weighted by atomic mass is 9.47. The number of H-pyrrole nitrogens is 1. The molecule has 1 aliphatic carbocycles. The second-order valence-electron chi connectivity index (χ2n) is 19.7. The summed E-state index contributed by atoms with van der Waals surface area (Å²) in [5.41, 5.74) is 3.46. The zero-order valence-electron chi connectivity index (χ0n) is 39.1. The Labute approximate surface area is 404 Å². The average molecular weight is 977 g/mol. The number of aliphatic hydroxyl groups excluding tert-OH is 1. The number of nitrogens with zero attached hydrogens (tertiary/aromatic N) is 3. The number of benzene rings is 2. The van der Waals surface area contributed by atoms with Crippen LogP contribution >= 0.6 is 21.6 Å². The second-order valence-corrected chi connectivity index (χ2v) is 22.4. The van der Waals surface area contributed by atoms with Crippen molar-refractivity contribution in [2.45, 2.75) is 99.0 Å². The highest BCUT2D eigenvalue weighted by atomic mass is 33.1. The maximum absolute atomic E-state index is 14.9. The number of rotatable bonds is 15. The Morgan fingerprint density at radius 2 is 1.81 bits per heavy atom. The number of hydrazine groups is 1. The molecule has 68 heavy (non-hydrogen) atoms. The molecule has 6 aliphatic rings. The van der Waals surface area contributed by atoms with Crippen molar-refractivity contribution in [3.05, 3.63) is 70.9 Å². The van der Waals surface area contributed by atoms with E-state index in [1.807, 2.05) is 56.1 Å². The quantitative estimate of drug-likeness (QED) is 0.0378. The van der Waals surface area contributed by atoms with Crippen LogP contribution in [0.25, 0.3) is 10.9 Å². The Morgan fingerprint density at radius 1 is 1.01 bits per heavy atom. The highest BCUT2D eigenvalue weighted by Gasteiger charge is 2.78. The number of carboxylic acid groups (broad SMARTS) is 1. The lowest BCUT2D eigenvalue weighted by Gasteiger charge is -2.63. The second kappa shape index (κ2) is 18.7. The monoisotopic (exact) mass is 976 g/mol. The number of fused-ring (bicyclic) bond motifs is 6. The van der Waals surface area contributed by atoms with Gasteiger partial charge in [-0.05, 0) is 74.2 Å². The van der Waals surface area contributed by atoms with E-state index in [-0.39, 0.29) is 31.6 Å². The maximum Gasteiger partial charge on any atom is 0.426 e. The Morgan fingerprint density at radius 3 is 2.56 bits per heavy atom. The van der Waals surface area contributed by atoms with Gasteiger partial charge in [0.15, 0.2) is 5.60 Å². The van der Waals surface area contributed by atoms with Gasteiger partial charge in [-0.2, -0.15) is 0 Å². The fraction of sp³-hybridized carbons (Fsp3) is 0.592. The fourth-order valence-corrected chi connectivity index (χ4v) is 15.6. The molecule has 3 fully saturated rings. The van der Waals surface area contributed by atoms with E-state index < -0.39 is 57.6 Å². The van der Waals surface area contributed by atoms with Crippen molar-refractivity contribution in [3.63, 3.8) is 0 Å². The molecule has 1 aromatic heterocycles. The lowest BCUT2D eigenvalue weighted by Crippen LogP contribution is -2.82. The van der Waals surface area contributed by atoms with Crippen LogP contribution in [0.2, 0.25) is 0 Å². The smallest absolute Gasteiger partial charge is 0.426 e. The van der Waals surface area contributed by atoms with E-state index in [4.69, 9.17) is 19.3 Å². The number of nitrogens with one attached hydrogen (secondary N) is 3. The standard InChI is InChI=1S/C49H64N6O11S2/c1-5-45(62)24-30-25-47(28-65-29-56,39-32(12-17-54(26-30)27-45)31-10-7-8-11-35(31)50-39)34-22-33-36(23-37(34)64-4)53(3)41-48(33)15-18-55-16-9-14-46(6-2,40(48)55)42(59)49(41,63)43(60)51-52-44(61)66-19-21-68-67-20-13-38(57)58/h7-11,14,22-23,29-30,40-42,50,59,62-63H,5-6,12-13,15-21,24-28H2,1-4H3,(H,51,60)(H,52,61)(H,57,58)/t30?,40-,41+,42+,45-,46+,47-,48+,49+/m0/s1. The van der Waals surface area contributed by atoms with Gasteiger partial charge in [-0.25, -0.2) is 10.2 Å². The molecular formula is C49H64N6O11S2. The molecule has 368 valence electrons. The number of ether oxygens (including phenoxy) is 3. The van der Waals surface area contributed by atoms with E-state index in [0.29, 0.717) is 87.6 Å². The van der Waals surface area contributed by atoms with E-state index >= 15 is 0 Å². The van der Waals surface area contributed by atoms with Crippen LogP contribution in [0.5, 0.6) is 5.75 Å². The van der Waals surface area contributed by atoms with E-state index in [1.165, 1.54) is 21.6 Å². The van der Waals surface area contributed by atoms with Gasteiger partial charge in [0, 0.05) is 95.5 Å². The number of carboxylic acids is 1. The molecule has 2 saturated heterocycles. The molecule has 2 aromatic carbocycles. The van der Waals surface area contributed by atoms with Gasteiger partial charge in [0.05, 0.1) is 30.6 Å². The van der Waals surface area contributed by atoms with Crippen LogP contribution in [0, 0.1) is 11.3 Å². The van der Waals surface area contributed by atoms with E-state index in [9.17, 15) is 34.5 Å². The van der Waals surface area contributed by atoms with Gasteiger partial charge in [0.1, 0.15) is 25.1 Å². The SMILES string of the molecule is CC[C@]1(O)CC2CN(CCc3c([nH]c4ccccc34)[C@@](COC=O)(c3cc4c(cc3OC)N(C)[C@H]3[C@](O)(C(=O)NNC(=O)OCCSSCCC(=O)O)[C@H](O)[C@]5(CC)C=CCN6CC[C@]43[C@@H]65)C2)C1. The van der Waals surface area contributed by atoms with E-state index in [1.54, 1.807) is 7.11 Å². The number of aliphatic hydroxyl groups is 3. The first-order valence-corrected chi connectivity index (χ1v) is 26.2. The molecule has 2 unspecified atom stereocenters. The number of likely N-dealkylation sites (N-methyl/N-ethyl adjacent to an activating group) is 1. The van der Waals surface area contributed by atoms with Crippen molar-refractivity contribution in [1.82, 2.24) is 25.6 Å². The number of methoxy groups -OCH3 is 1. The van der Waals surface area contributed by atoms with Crippen LogP contribution in [-0.4, -0.2) is 161 Å². The molecule has 3 aromatic rings. The molecule has 19 heteroatoms. The molecule has 10 atom stereocenters. The van der Waals surface area contributed by atoms with Gasteiger partial charge < -0.3 is 44.5 Å². The number of aromatic amines is 1. The van der Waals surface area contributed by atoms with E-state index in [2.05, 4.69) is 43.8 Å². The minimum atomic E-state index is -2.51. The van der Waals surface area contributed by atoms with Gasteiger partial charge in [-0.3, -0.25) is 29.6 Å². The predicted octanol–water partition coefficient (Wildman–Crippen LogP) is 3.86. The molecule has 2 bridgehead atoms. The molecule has 6 heterocycles. The zero-order chi connectivity index (χ0) is 48.2. The number of amides is 2. The molecule has 0 radical (unpaired) electrons. The van der Waals surface area contributed by atoms with Crippen molar-refractivity contribution >= 4 is 62.6 Å². The third-order valence-corrected chi connectivity index (χ3v) is 18.7. The number of piperidine rings is 1. The minimum Gasteiger partial charge on any atom is -0.496 e. The van der Waals surface area contributed by atoms with Gasteiger partial charge in [-0.15, -0.1) is 0 Å². The third-order valence-electron chi connectivity index (χ3n) is 16.4. The van der Waals surface area contributed by atoms with Crippen LogP contribution in [0.3, 0.4) is 0 Å². The van der Waals surface area contributed by atoms with Crippen molar-refractivity contribution in [3.8, 4) is 5.75 Å². The third kappa shape index (κ3) is 7.65. The number of hydrogen-bond acceptors (Lipinski definition) is 15.